The summed E-state index contributed by atoms with van der Waals surface area (Å²) >= 11 is 0. The summed E-state index contributed by atoms with van der Waals surface area (Å²) in [6, 6.07) is 13.2. The number of carbonyl (C=O) groups is 1. The zero-order valence-corrected chi connectivity index (χ0v) is 16.4. The Labute approximate surface area is 155 Å². The van der Waals surface area contributed by atoms with Gasteiger partial charge < -0.3 is 5.32 Å². The molecule has 0 saturated carbocycles. The van der Waals surface area contributed by atoms with Crippen molar-refractivity contribution in [3.05, 3.63) is 59.7 Å². The maximum absolute atomic E-state index is 12.6. The third-order valence-corrected chi connectivity index (χ3v) is 5.65. The van der Waals surface area contributed by atoms with Crippen molar-refractivity contribution in [3.8, 4) is 0 Å². The topological polar surface area (TPSA) is 75.3 Å². The van der Waals surface area contributed by atoms with Crippen LogP contribution in [-0.2, 0) is 21.2 Å². The highest BCUT2D eigenvalue weighted by atomic mass is 32.2. The Morgan fingerprint density at radius 1 is 1.00 bits per heavy atom. The van der Waals surface area contributed by atoms with Gasteiger partial charge in [0.25, 0.3) is 0 Å². The Balaban J connectivity index is 2.16. The highest BCUT2D eigenvalue weighted by molar-refractivity contribution is 7.89. The molecule has 6 heteroatoms. The molecule has 0 radical (unpaired) electrons. The lowest BCUT2D eigenvalue weighted by Gasteiger charge is -2.22. The van der Waals surface area contributed by atoms with Crippen LogP contribution < -0.4 is 10.0 Å². The van der Waals surface area contributed by atoms with Crippen LogP contribution in [0.5, 0.6) is 0 Å². The van der Waals surface area contributed by atoms with E-state index >= 15 is 0 Å². The molecular formula is C20H26N2O3S. The number of rotatable bonds is 7. The Kier molecular flexibility index (Phi) is 6.56. The van der Waals surface area contributed by atoms with Crippen LogP contribution in [0, 0.1) is 12.8 Å². The van der Waals surface area contributed by atoms with Crippen LogP contribution in [0.4, 0.5) is 5.69 Å². The molecule has 1 atom stereocenters. The predicted molar refractivity (Wildman–Crippen MR) is 105 cm³/mol. The van der Waals surface area contributed by atoms with Gasteiger partial charge in [0.1, 0.15) is 6.04 Å². The zero-order valence-electron chi connectivity index (χ0n) is 15.6. The highest BCUT2D eigenvalue weighted by Crippen LogP contribution is 2.15. The molecule has 1 amide bonds. The molecule has 5 nitrogen and oxygen atoms in total. The second-order valence-corrected chi connectivity index (χ2v) is 8.41. The monoisotopic (exact) mass is 374 g/mol. The molecule has 2 rings (SSSR count). The van der Waals surface area contributed by atoms with Crippen LogP contribution in [0.3, 0.4) is 0 Å². The summed E-state index contributed by atoms with van der Waals surface area (Å²) in [6.45, 7) is 7.56. The molecule has 26 heavy (non-hydrogen) atoms. The van der Waals surface area contributed by atoms with Crippen LogP contribution in [0.1, 0.15) is 31.9 Å². The number of nitrogens with one attached hydrogen (secondary N) is 2. The smallest absolute Gasteiger partial charge is 0.242 e. The van der Waals surface area contributed by atoms with Crippen LogP contribution >= 0.6 is 0 Å². The third kappa shape index (κ3) is 5.16. The van der Waals surface area contributed by atoms with Crippen molar-refractivity contribution in [2.75, 3.05) is 5.32 Å². The first kappa shape index (κ1) is 20.1. The fourth-order valence-electron chi connectivity index (χ4n) is 2.49. The van der Waals surface area contributed by atoms with Gasteiger partial charge >= 0.3 is 0 Å². The normalized spacial score (nSPS) is 12.8. The van der Waals surface area contributed by atoms with Crippen LogP contribution in [-0.4, -0.2) is 20.4 Å². The van der Waals surface area contributed by atoms with Crippen molar-refractivity contribution in [2.45, 2.75) is 45.1 Å². The third-order valence-electron chi connectivity index (χ3n) is 4.19. The molecule has 0 heterocycles. The van der Waals surface area contributed by atoms with E-state index in [1.165, 1.54) is 17.7 Å². The summed E-state index contributed by atoms with van der Waals surface area (Å²) in [4.78, 5) is 12.8. The molecule has 2 aromatic rings. The van der Waals surface area contributed by atoms with Crippen molar-refractivity contribution < 1.29 is 13.2 Å². The van der Waals surface area contributed by atoms with E-state index in [0.717, 1.165) is 12.0 Å². The van der Waals surface area contributed by atoms with Crippen LogP contribution in [0.15, 0.2) is 53.4 Å². The second-order valence-electron chi connectivity index (χ2n) is 6.70. The fraction of sp³-hybridized carbons (Fsp3) is 0.350. The average Bonchev–Trinajstić information content (AvgIpc) is 2.60. The molecule has 0 aliphatic heterocycles. The van der Waals surface area contributed by atoms with Gasteiger partial charge in [-0.15, -0.1) is 0 Å². The van der Waals surface area contributed by atoms with E-state index in [4.69, 9.17) is 0 Å². The van der Waals surface area contributed by atoms with Crippen molar-refractivity contribution in [2.24, 2.45) is 5.92 Å². The number of aryl methyl sites for hydroxylation is 2. The highest BCUT2D eigenvalue weighted by Gasteiger charge is 2.28. The number of anilines is 1. The SMILES string of the molecule is CCc1ccc(NC(=O)[C@@H](NS(=O)(=O)c2ccc(C)cc2)C(C)C)cc1. The molecule has 0 saturated heterocycles. The first-order chi connectivity index (χ1) is 12.2. The van der Waals surface area contributed by atoms with Gasteiger partial charge in [-0.2, -0.15) is 4.72 Å². The number of sulfonamides is 1. The molecule has 140 valence electrons. The summed E-state index contributed by atoms with van der Waals surface area (Å²) < 4.78 is 27.7. The maximum atomic E-state index is 12.6. The van der Waals surface area contributed by atoms with Gasteiger partial charge in [0.05, 0.1) is 4.90 Å². The molecule has 0 bridgehead atoms. The van der Waals surface area contributed by atoms with Gasteiger partial charge in [0.15, 0.2) is 0 Å². The average molecular weight is 375 g/mol. The van der Waals surface area contributed by atoms with Gasteiger partial charge in [-0.3, -0.25) is 4.79 Å². The summed E-state index contributed by atoms with van der Waals surface area (Å²) in [5.41, 5.74) is 2.79. The number of hydrogen-bond donors (Lipinski definition) is 2. The van der Waals surface area contributed by atoms with Crippen molar-refractivity contribution in [1.29, 1.82) is 0 Å². The van der Waals surface area contributed by atoms with E-state index in [9.17, 15) is 13.2 Å². The fourth-order valence-corrected chi connectivity index (χ4v) is 3.83. The van der Waals surface area contributed by atoms with E-state index in [1.54, 1.807) is 12.1 Å². The van der Waals surface area contributed by atoms with E-state index in [0.29, 0.717) is 5.69 Å². The summed E-state index contributed by atoms with van der Waals surface area (Å²) in [7, 11) is -3.78. The number of carbonyl (C=O) groups excluding carboxylic acids is 1. The van der Waals surface area contributed by atoms with E-state index in [2.05, 4.69) is 17.0 Å². The molecule has 0 fully saturated rings. The lowest BCUT2D eigenvalue weighted by molar-refractivity contribution is -0.118. The Hall–Kier alpha value is -2.18. The first-order valence-corrected chi connectivity index (χ1v) is 10.2. The largest absolute Gasteiger partial charge is 0.325 e. The molecular weight excluding hydrogens is 348 g/mol. The van der Waals surface area contributed by atoms with Gasteiger partial charge in [0, 0.05) is 5.69 Å². The first-order valence-electron chi connectivity index (χ1n) is 8.71. The molecule has 0 aromatic heterocycles. The Morgan fingerprint density at radius 3 is 2.08 bits per heavy atom. The molecule has 2 aromatic carbocycles. The summed E-state index contributed by atoms with van der Waals surface area (Å²) in [5.74, 6) is -0.579. The van der Waals surface area contributed by atoms with Crippen molar-refractivity contribution in [1.82, 2.24) is 4.72 Å². The maximum Gasteiger partial charge on any atom is 0.242 e. The molecule has 0 unspecified atom stereocenters. The minimum Gasteiger partial charge on any atom is -0.325 e. The summed E-state index contributed by atoms with van der Waals surface area (Å²) in [5, 5.41) is 2.79. The van der Waals surface area contributed by atoms with Crippen molar-refractivity contribution in [3.63, 3.8) is 0 Å². The second kappa shape index (κ2) is 8.47. The number of amides is 1. The Morgan fingerprint density at radius 2 is 1.58 bits per heavy atom. The zero-order chi connectivity index (χ0) is 19.3. The van der Waals surface area contributed by atoms with Gasteiger partial charge in [0.2, 0.25) is 15.9 Å². The van der Waals surface area contributed by atoms with E-state index < -0.39 is 16.1 Å². The number of benzene rings is 2. The quantitative estimate of drug-likeness (QED) is 0.779. The van der Waals surface area contributed by atoms with Gasteiger partial charge in [-0.05, 0) is 49.1 Å². The lowest BCUT2D eigenvalue weighted by Crippen LogP contribution is -2.47. The van der Waals surface area contributed by atoms with Gasteiger partial charge in [-0.25, -0.2) is 8.42 Å². The minimum absolute atomic E-state index is 0.147. The van der Waals surface area contributed by atoms with E-state index in [-0.39, 0.29) is 16.7 Å². The Bertz CT molecular complexity index is 842. The lowest BCUT2D eigenvalue weighted by atomic mass is 10.0. The van der Waals surface area contributed by atoms with Crippen molar-refractivity contribution >= 4 is 21.6 Å². The predicted octanol–water partition coefficient (Wildman–Crippen LogP) is 3.50. The molecule has 0 aliphatic carbocycles. The minimum atomic E-state index is -3.78. The standard InChI is InChI=1S/C20H26N2O3S/c1-5-16-8-10-17(11-9-16)21-20(23)19(14(2)3)22-26(24,25)18-12-6-15(4)7-13-18/h6-14,19,22H,5H2,1-4H3,(H,21,23)/t19-/m0/s1. The molecule has 0 aliphatic rings. The van der Waals surface area contributed by atoms with E-state index in [1.807, 2.05) is 45.0 Å². The van der Waals surface area contributed by atoms with Crippen LogP contribution in [0.25, 0.3) is 0 Å². The number of hydrogen-bond acceptors (Lipinski definition) is 3. The van der Waals surface area contributed by atoms with Crippen LogP contribution in [0.2, 0.25) is 0 Å². The molecule has 2 N–H and O–H groups in total. The molecule has 0 spiro atoms. The summed E-state index contributed by atoms with van der Waals surface area (Å²) in [6.07, 6.45) is 0.916. The van der Waals surface area contributed by atoms with Gasteiger partial charge in [-0.1, -0.05) is 50.6 Å².